The van der Waals surface area contributed by atoms with E-state index in [-0.39, 0.29) is 5.91 Å². The van der Waals surface area contributed by atoms with Crippen LogP contribution in [-0.2, 0) is 0 Å². The highest BCUT2D eigenvalue weighted by Crippen LogP contribution is 2.26. The maximum absolute atomic E-state index is 12.9. The molecule has 1 amide bonds. The molecule has 0 aliphatic heterocycles. The Hall–Kier alpha value is -3.31. The van der Waals surface area contributed by atoms with Gasteiger partial charge in [-0.05, 0) is 62.2 Å². The molecule has 1 N–H and O–H groups in total. The minimum absolute atomic E-state index is 0.252. The van der Waals surface area contributed by atoms with E-state index in [1.54, 1.807) is 17.6 Å². The van der Waals surface area contributed by atoms with Crippen molar-refractivity contribution in [3.63, 3.8) is 0 Å². The average molecular weight is 400 g/mol. The van der Waals surface area contributed by atoms with Crippen LogP contribution < -0.4 is 5.43 Å². The van der Waals surface area contributed by atoms with Crippen LogP contribution in [0, 0.1) is 20.8 Å². The van der Waals surface area contributed by atoms with Crippen LogP contribution in [0.5, 0.6) is 0 Å². The number of rotatable bonds is 4. The summed E-state index contributed by atoms with van der Waals surface area (Å²) in [5.41, 5.74) is 8.19. The Morgan fingerprint density at radius 1 is 1.00 bits per heavy atom. The molecule has 144 valence electrons. The van der Waals surface area contributed by atoms with Gasteiger partial charge in [0.05, 0.1) is 23.0 Å². The molecule has 0 spiro atoms. The van der Waals surface area contributed by atoms with Gasteiger partial charge in [0.1, 0.15) is 0 Å². The van der Waals surface area contributed by atoms with E-state index in [1.165, 1.54) is 16.0 Å². The van der Waals surface area contributed by atoms with E-state index in [1.807, 2.05) is 55.5 Å². The number of carbonyl (C=O) groups excluding carboxylic acids is 1. The summed E-state index contributed by atoms with van der Waals surface area (Å²) in [6, 6.07) is 19.7. The first-order valence-electron chi connectivity index (χ1n) is 9.38. The van der Waals surface area contributed by atoms with Gasteiger partial charge in [-0.2, -0.15) is 5.10 Å². The van der Waals surface area contributed by atoms with Crippen LogP contribution in [-0.4, -0.2) is 17.1 Å². The van der Waals surface area contributed by atoms with Gasteiger partial charge in [0.25, 0.3) is 5.91 Å². The molecule has 0 aliphatic rings. The molecular weight excluding hydrogens is 378 g/mol. The van der Waals surface area contributed by atoms with Crippen molar-refractivity contribution in [3.05, 3.63) is 87.1 Å². The summed E-state index contributed by atoms with van der Waals surface area (Å²) in [7, 11) is 0. The molecule has 0 saturated carbocycles. The molecule has 4 rings (SSSR count). The number of pyridine rings is 1. The van der Waals surface area contributed by atoms with E-state index < -0.39 is 0 Å². The fourth-order valence-corrected chi connectivity index (χ4v) is 3.90. The SMILES string of the molecule is Cc1ccc(/C=N/NC(=O)c2cc(-c3ccc(C)c(C)c3)nc3ccccc23)s1. The first-order valence-corrected chi connectivity index (χ1v) is 10.2. The molecule has 2 aromatic carbocycles. The van der Waals surface area contributed by atoms with Gasteiger partial charge in [0.2, 0.25) is 0 Å². The zero-order valence-corrected chi connectivity index (χ0v) is 17.4. The number of aryl methyl sites for hydroxylation is 3. The zero-order chi connectivity index (χ0) is 20.4. The molecule has 2 heterocycles. The smallest absolute Gasteiger partial charge is 0.267 e. The third-order valence-corrected chi connectivity index (χ3v) is 5.82. The zero-order valence-electron chi connectivity index (χ0n) is 16.6. The molecule has 0 unspecified atom stereocenters. The van der Waals surface area contributed by atoms with E-state index in [4.69, 9.17) is 4.98 Å². The fraction of sp³-hybridized carbons (Fsp3) is 0.125. The van der Waals surface area contributed by atoms with E-state index in [9.17, 15) is 4.79 Å². The van der Waals surface area contributed by atoms with Crippen LogP contribution in [0.15, 0.2) is 65.8 Å². The monoisotopic (exact) mass is 399 g/mol. The van der Waals surface area contributed by atoms with Crippen LogP contribution in [0.3, 0.4) is 0 Å². The van der Waals surface area contributed by atoms with Crippen molar-refractivity contribution in [2.24, 2.45) is 5.10 Å². The minimum Gasteiger partial charge on any atom is -0.267 e. The number of hydrogen-bond acceptors (Lipinski definition) is 4. The lowest BCUT2D eigenvalue weighted by atomic mass is 10.0. The maximum Gasteiger partial charge on any atom is 0.272 e. The summed E-state index contributed by atoms with van der Waals surface area (Å²) < 4.78 is 0. The first kappa shape index (κ1) is 19.0. The molecular formula is C24H21N3OS. The second-order valence-corrected chi connectivity index (χ2v) is 8.34. The number of aromatic nitrogens is 1. The molecule has 29 heavy (non-hydrogen) atoms. The number of nitrogens with one attached hydrogen (secondary N) is 1. The predicted molar refractivity (Wildman–Crippen MR) is 121 cm³/mol. The van der Waals surface area contributed by atoms with Crippen LogP contribution in [0.2, 0.25) is 0 Å². The Morgan fingerprint density at radius 3 is 2.59 bits per heavy atom. The first-order chi connectivity index (χ1) is 14.0. The molecule has 0 atom stereocenters. The van der Waals surface area contributed by atoms with Crippen molar-refractivity contribution in [3.8, 4) is 11.3 Å². The van der Waals surface area contributed by atoms with Crippen LogP contribution in [0.4, 0.5) is 0 Å². The van der Waals surface area contributed by atoms with E-state index in [2.05, 4.69) is 36.5 Å². The number of thiophene rings is 1. The van der Waals surface area contributed by atoms with Gasteiger partial charge < -0.3 is 0 Å². The van der Waals surface area contributed by atoms with Gasteiger partial charge in [0, 0.05) is 20.7 Å². The standard InChI is InChI=1S/C24H21N3OS/c1-15-8-10-18(12-16(15)2)23-13-21(20-6-4-5-7-22(20)26-23)24(28)27-25-14-19-11-9-17(3)29-19/h4-14H,1-3H3,(H,27,28)/b25-14+. The Morgan fingerprint density at radius 2 is 1.83 bits per heavy atom. The minimum atomic E-state index is -0.252. The van der Waals surface area contributed by atoms with Crippen LogP contribution in [0.1, 0.15) is 31.2 Å². The van der Waals surface area contributed by atoms with Crippen molar-refractivity contribution in [1.29, 1.82) is 0 Å². The van der Waals surface area contributed by atoms with Gasteiger partial charge in [-0.3, -0.25) is 4.79 Å². The highest BCUT2D eigenvalue weighted by atomic mass is 32.1. The molecule has 0 aliphatic carbocycles. The van der Waals surface area contributed by atoms with E-state index >= 15 is 0 Å². The normalized spacial score (nSPS) is 11.3. The Bertz CT molecular complexity index is 1240. The molecule has 0 bridgehead atoms. The summed E-state index contributed by atoms with van der Waals surface area (Å²) in [5.74, 6) is -0.252. The molecule has 0 fully saturated rings. The second kappa shape index (κ2) is 7.97. The fourth-order valence-electron chi connectivity index (χ4n) is 3.15. The molecule has 0 saturated heterocycles. The van der Waals surface area contributed by atoms with E-state index in [0.29, 0.717) is 5.56 Å². The van der Waals surface area contributed by atoms with Crippen molar-refractivity contribution < 1.29 is 4.79 Å². The number of para-hydroxylation sites is 1. The van der Waals surface area contributed by atoms with Crippen LogP contribution >= 0.6 is 11.3 Å². The molecule has 5 heteroatoms. The highest BCUT2D eigenvalue weighted by molar-refractivity contribution is 7.13. The van der Waals surface area contributed by atoms with Gasteiger partial charge in [-0.25, -0.2) is 10.4 Å². The van der Waals surface area contributed by atoms with Crippen molar-refractivity contribution in [2.75, 3.05) is 0 Å². The lowest BCUT2D eigenvalue weighted by Crippen LogP contribution is -2.18. The largest absolute Gasteiger partial charge is 0.272 e. The van der Waals surface area contributed by atoms with Crippen molar-refractivity contribution in [2.45, 2.75) is 20.8 Å². The predicted octanol–water partition coefficient (Wildman–Crippen LogP) is 5.65. The molecule has 4 aromatic rings. The summed E-state index contributed by atoms with van der Waals surface area (Å²) in [5, 5.41) is 4.94. The Kier molecular flexibility index (Phi) is 5.23. The number of benzene rings is 2. The number of fused-ring (bicyclic) bond motifs is 1. The van der Waals surface area contributed by atoms with Gasteiger partial charge in [0.15, 0.2) is 0 Å². The molecule has 2 aromatic heterocycles. The van der Waals surface area contributed by atoms with E-state index in [0.717, 1.165) is 27.0 Å². The third-order valence-electron chi connectivity index (χ3n) is 4.88. The number of hydrazone groups is 1. The molecule has 4 nitrogen and oxygen atoms in total. The van der Waals surface area contributed by atoms with Gasteiger partial charge in [-0.1, -0.05) is 30.3 Å². The number of hydrogen-bond donors (Lipinski definition) is 1. The Labute approximate surface area is 173 Å². The number of amides is 1. The highest BCUT2D eigenvalue weighted by Gasteiger charge is 2.14. The second-order valence-electron chi connectivity index (χ2n) is 7.02. The summed E-state index contributed by atoms with van der Waals surface area (Å²) in [6.07, 6.45) is 1.67. The summed E-state index contributed by atoms with van der Waals surface area (Å²) in [6.45, 7) is 6.20. The number of nitrogens with zero attached hydrogens (tertiary/aromatic N) is 2. The lowest BCUT2D eigenvalue weighted by molar-refractivity contribution is 0.0957. The average Bonchev–Trinajstić information content (AvgIpc) is 3.14. The maximum atomic E-state index is 12.9. The van der Waals surface area contributed by atoms with Crippen molar-refractivity contribution >= 4 is 34.4 Å². The quantitative estimate of drug-likeness (QED) is 0.356. The van der Waals surface area contributed by atoms with Crippen molar-refractivity contribution in [1.82, 2.24) is 10.4 Å². The number of carbonyl (C=O) groups is 1. The van der Waals surface area contributed by atoms with Gasteiger partial charge >= 0.3 is 0 Å². The Balaban J connectivity index is 1.71. The summed E-state index contributed by atoms with van der Waals surface area (Å²) >= 11 is 1.63. The molecule has 0 radical (unpaired) electrons. The lowest BCUT2D eigenvalue weighted by Gasteiger charge is -2.10. The van der Waals surface area contributed by atoms with Gasteiger partial charge in [-0.15, -0.1) is 11.3 Å². The summed E-state index contributed by atoms with van der Waals surface area (Å²) in [4.78, 5) is 19.9. The van der Waals surface area contributed by atoms with Crippen LogP contribution in [0.25, 0.3) is 22.2 Å². The third kappa shape index (κ3) is 4.10. The topological polar surface area (TPSA) is 54.4 Å².